The van der Waals surface area contributed by atoms with Crippen LogP contribution in [0.2, 0.25) is 0 Å². The fraction of sp³-hybridized carbons (Fsp3) is 0.235. The van der Waals surface area contributed by atoms with E-state index < -0.39 is 0 Å². The normalized spacial score (nSPS) is 12.7. The van der Waals surface area contributed by atoms with Crippen LogP contribution >= 0.6 is 15.9 Å². The van der Waals surface area contributed by atoms with Gasteiger partial charge in [0.25, 0.3) is 0 Å². The maximum Gasteiger partial charge on any atom is 0.0722 e. The Balaban J connectivity index is 1.92. The number of benzene rings is 2. The van der Waals surface area contributed by atoms with Crippen molar-refractivity contribution in [3.63, 3.8) is 0 Å². The lowest BCUT2D eigenvalue weighted by atomic mass is 10.0. The number of nitrogens with zero attached hydrogens (tertiary/aromatic N) is 2. The largest absolute Gasteiger partial charge is 0.324 e. The minimum Gasteiger partial charge on any atom is -0.324 e. The maximum absolute atomic E-state index is 6.35. The summed E-state index contributed by atoms with van der Waals surface area (Å²) < 4.78 is 3.11. The van der Waals surface area contributed by atoms with Gasteiger partial charge in [-0.3, -0.25) is 4.68 Å². The van der Waals surface area contributed by atoms with Crippen LogP contribution in [-0.4, -0.2) is 9.78 Å². The zero-order chi connectivity index (χ0) is 14.8. The fourth-order valence-corrected chi connectivity index (χ4v) is 2.89. The number of nitrogens with two attached hydrogens (primary N) is 1. The van der Waals surface area contributed by atoms with E-state index in [2.05, 4.69) is 59.3 Å². The van der Waals surface area contributed by atoms with Crippen molar-refractivity contribution in [3.8, 4) is 0 Å². The maximum atomic E-state index is 6.35. The smallest absolute Gasteiger partial charge is 0.0722 e. The van der Waals surface area contributed by atoms with Crippen LogP contribution in [-0.2, 0) is 13.0 Å². The average Bonchev–Trinajstić information content (AvgIpc) is 2.86. The van der Waals surface area contributed by atoms with Crippen LogP contribution in [0.5, 0.6) is 0 Å². The number of fused-ring (bicyclic) bond motifs is 1. The van der Waals surface area contributed by atoms with E-state index in [0.717, 1.165) is 28.7 Å². The van der Waals surface area contributed by atoms with E-state index in [-0.39, 0.29) is 6.04 Å². The average molecular weight is 344 g/mol. The SMILES string of the molecule is CCn1nc(CC(N)c2ccc(Br)cc2)c2ccccc21. The molecule has 0 radical (unpaired) electrons. The Morgan fingerprint density at radius 3 is 2.57 bits per heavy atom. The molecule has 1 aromatic heterocycles. The third kappa shape index (κ3) is 2.87. The molecule has 2 N–H and O–H groups in total. The monoisotopic (exact) mass is 343 g/mol. The second kappa shape index (κ2) is 6.00. The van der Waals surface area contributed by atoms with Crippen LogP contribution in [0.25, 0.3) is 10.9 Å². The quantitative estimate of drug-likeness (QED) is 0.776. The van der Waals surface area contributed by atoms with Crippen LogP contribution in [0, 0.1) is 0 Å². The summed E-state index contributed by atoms with van der Waals surface area (Å²) in [7, 11) is 0. The van der Waals surface area contributed by atoms with Crippen LogP contribution in [0.1, 0.15) is 24.2 Å². The number of aromatic nitrogens is 2. The highest BCUT2D eigenvalue weighted by molar-refractivity contribution is 9.10. The standard InChI is InChI=1S/C17H18BrN3/c1-2-21-17-6-4-3-5-14(17)16(20-21)11-15(19)12-7-9-13(18)10-8-12/h3-10,15H,2,11,19H2,1H3. The molecule has 0 amide bonds. The first-order valence-corrected chi connectivity index (χ1v) is 7.94. The molecular formula is C17H18BrN3. The number of halogens is 1. The van der Waals surface area contributed by atoms with Crippen molar-refractivity contribution in [2.24, 2.45) is 5.73 Å². The van der Waals surface area contributed by atoms with Gasteiger partial charge in [0.1, 0.15) is 0 Å². The van der Waals surface area contributed by atoms with E-state index in [9.17, 15) is 0 Å². The van der Waals surface area contributed by atoms with Crippen molar-refractivity contribution in [3.05, 3.63) is 64.3 Å². The summed E-state index contributed by atoms with van der Waals surface area (Å²) in [4.78, 5) is 0. The first-order valence-electron chi connectivity index (χ1n) is 7.14. The van der Waals surface area contributed by atoms with Gasteiger partial charge in [-0.1, -0.05) is 46.3 Å². The molecule has 0 bridgehead atoms. The highest BCUT2D eigenvalue weighted by Crippen LogP contribution is 2.24. The molecule has 2 aromatic carbocycles. The Hall–Kier alpha value is -1.65. The number of aryl methyl sites for hydroxylation is 1. The summed E-state index contributed by atoms with van der Waals surface area (Å²) >= 11 is 3.45. The van der Waals surface area contributed by atoms with E-state index in [1.807, 2.05) is 16.8 Å². The summed E-state index contributed by atoms with van der Waals surface area (Å²) in [5.41, 5.74) is 9.74. The highest BCUT2D eigenvalue weighted by Gasteiger charge is 2.14. The Bertz CT molecular complexity index is 746. The van der Waals surface area contributed by atoms with Crippen molar-refractivity contribution in [1.29, 1.82) is 0 Å². The van der Waals surface area contributed by atoms with Crippen LogP contribution in [0.4, 0.5) is 0 Å². The Morgan fingerprint density at radius 1 is 1.14 bits per heavy atom. The lowest BCUT2D eigenvalue weighted by Gasteiger charge is -2.10. The Kier molecular flexibility index (Phi) is 4.08. The number of hydrogen-bond acceptors (Lipinski definition) is 2. The Morgan fingerprint density at radius 2 is 1.86 bits per heavy atom. The van der Waals surface area contributed by atoms with Gasteiger partial charge in [-0.15, -0.1) is 0 Å². The summed E-state index contributed by atoms with van der Waals surface area (Å²) in [5.74, 6) is 0. The highest BCUT2D eigenvalue weighted by atomic mass is 79.9. The molecule has 3 nitrogen and oxygen atoms in total. The second-order valence-electron chi connectivity index (χ2n) is 5.14. The van der Waals surface area contributed by atoms with Crippen molar-refractivity contribution >= 4 is 26.8 Å². The van der Waals surface area contributed by atoms with Crippen LogP contribution < -0.4 is 5.73 Å². The van der Waals surface area contributed by atoms with Crippen molar-refractivity contribution in [2.45, 2.75) is 25.9 Å². The molecule has 1 atom stereocenters. The topological polar surface area (TPSA) is 43.8 Å². The molecule has 0 saturated carbocycles. The molecule has 3 aromatic rings. The van der Waals surface area contributed by atoms with Gasteiger partial charge < -0.3 is 5.73 Å². The summed E-state index contributed by atoms with van der Waals surface area (Å²) in [6.45, 7) is 2.98. The van der Waals surface area contributed by atoms with Gasteiger partial charge in [0, 0.05) is 28.9 Å². The van der Waals surface area contributed by atoms with Crippen molar-refractivity contribution < 1.29 is 0 Å². The summed E-state index contributed by atoms with van der Waals surface area (Å²) in [5, 5.41) is 5.92. The Labute approximate surface area is 132 Å². The first-order chi connectivity index (χ1) is 10.2. The molecule has 0 aliphatic heterocycles. The van der Waals surface area contributed by atoms with Crippen LogP contribution in [0.15, 0.2) is 53.0 Å². The van der Waals surface area contributed by atoms with E-state index in [4.69, 9.17) is 10.8 Å². The van der Waals surface area contributed by atoms with E-state index >= 15 is 0 Å². The molecule has 0 fully saturated rings. The van der Waals surface area contributed by atoms with Gasteiger partial charge in [-0.2, -0.15) is 5.10 Å². The number of hydrogen-bond donors (Lipinski definition) is 1. The first kappa shape index (κ1) is 14.3. The van der Waals surface area contributed by atoms with Gasteiger partial charge in [-0.05, 0) is 30.7 Å². The molecule has 1 heterocycles. The molecule has 3 rings (SSSR count). The van der Waals surface area contributed by atoms with Crippen molar-refractivity contribution in [1.82, 2.24) is 9.78 Å². The van der Waals surface area contributed by atoms with Gasteiger partial charge in [0.05, 0.1) is 11.2 Å². The second-order valence-corrected chi connectivity index (χ2v) is 6.06. The van der Waals surface area contributed by atoms with Gasteiger partial charge in [-0.25, -0.2) is 0 Å². The zero-order valence-corrected chi connectivity index (χ0v) is 13.5. The van der Waals surface area contributed by atoms with Crippen LogP contribution in [0.3, 0.4) is 0 Å². The molecule has 0 aliphatic carbocycles. The van der Waals surface area contributed by atoms with E-state index in [0.29, 0.717) is 0 Å². The predicted octanol–water partition coefficient (Wildman–Crippen LogP) is 4.06. The lowest BCUT2D eigenvalue weighted by molar-refractivity contribution is 0.641. The minimum atomic E-state index is -0.0401. The van der Waals surface area contributed by atoms with Crippen molar-refractivity contribution in [2.75, 3.05) is 0 Å². The number of rotatable bonds is 4. The predicted molar refractivity (Wildman–Crippen MR) is 90.2 cm³/mol. The molecule has 4 heteroatoms. The summed E-state index contributed by atoms with van der Waals surface area (Å²) in [6, 6.07) is 16.5. The van der Waals surface area contributed by atoms with Gasteiger partial charge >= 0.3 is 0 Å². The third-order valence-electron chi connectivity index (χ3n) is 3.75. The van der Waals surface area contributed by atoms with E-state index in [1.54, 1.807) is 0 Å². The molecule has 0 spiro atoms. The minimum absolute atomic E-state index is 0.0401. The molecule has 0 aliphatic rings. The third-order valence-corrected chi connectivity index (χ3v) is 4.27. The molecule has 1 unspecified atom stereocenters. The molecule has 108 valence electrons. The van der Waals surface area contributed by atoms with E-state index in [1.165, 1.54) is 10.9 Å². The molecule has 0 saturated heterocycles. The zero-order valence-electron chi connectivity index (χ0n) is 12.0. The fourth-order valence-electron chi connectivity index (χ4n) is 2.62. The van der Waals surface area contributed by atoms with Gasteiger partial charge in [0.2, 0.25) is 0 Å². The number of para-hydroxylation sites is 1. The molecular weight excluding hydrogens is 326 g/mol. The lowest BCUT2D eigenvalue weighted by Crippen LogP contribution is -2.14. The molecule has 21 heavy (non-hydrogen) atoms. The van der Waals surface area contributed by atoms with Gasteiger partial charge in [0.15, 0.2) is 0 Å². The summed E-state index contributed by atoms with van der Waals surface area (Å²) in [6.07, 6.45) is 0.745.